The van der Waals surface area contributed by atoms with E-state index >= 15 is 0 Å². The molecular formula is C13H15N. The normalized spacial score (nSPS) is 28.8. The monoisotopic (exact) mass is 185 g/mol. The molecule has 1 aromatic carbocycles. The predicted molar refractivity (Wildman–Crippen MR) is 59.7 cm³/mol. The maximum Gasteiger partial charge on any atom is 0.0539 e. The van der Waals surface area contributed by atoms with E-state index in [-0.39, 0.29) is 0 Å². The van der Waals surface area contributed by atoms with Gasteiger partial charge in [-0.05, 0) is 24.5 Å². The van der Waals surface area contributed by atoms with Crippen LogP contribution in [-0.2, 0) is 0 Å². The molecule has 0 fully saturated rings. The van der Waals surface area contributed by atoms with Gasteiger partial charge in [0.2, 0.25) is 0 Å². The lowest BCUT2D eigenvalue weighted by Crippen LogP contribution is -2.29. The molecule has 1 aromatic rings. The molecule has 1 aliphatic carbocycles. The van der Waals surface area contributed by atoms with Crippen molar-refractivity contribution in [2.75, 3.05) is 11.9 Å². The zero-order chi connectivity index (χ0) is 9.54. The number of anilines is 1. The minimum Gasteiger partial charge on any atom is -0.367 e. The van der Waals surface area contributed by atoms with Crippen LogP contribution in [0.4, 0.5) is 5.69 Å². The molecule has 0 N–H and O–H groups in total. The summed E-state index contributed by atoms with van der Waals surface area (Å²) in [5.74, 6) is 0.737. The van der Waals surface area contributed by atoms with Crippen molar-refractivity contribution in [3.05, 3.63) is 42.0 Å². The van der Waals surface area contributed by atoms with Gasteiger partial charge >= 0.3 is 0 Å². The van der Waals surface area contributed by atoms with Gasteiger partial charge in [0.1, 0.15) is 0 Å². The Morgan fingerprint density at radius 3 is 3.07 bits per heavy atom. The Bertz CT molecular complexity index is 381. The Balaban J connectivity index is 2.13. The van der Waals surface area contributed by atoms with Gasteiger partial charge in [-0.3, -0.25) is 0 Å². The molecule has 1 aliphatic heterocycles. The van der Waals surface area contributed by atoms with Gasteiger partial charge in [0.05, 0.1) is 6.04 Å². The molecule has 1 heteroatoms. The summed E-state index contributed by atoms with van der Waals surface area (Å²) in [7, 11) is 2.21. The molecule has 0 radical (unpaired) electrons. The molecule has 1 heterocycles. The number of likely N-dealkylation sites (N-methyl/N-ethyl adjacent to an activating group) is 1. The second-order valence-electron chi connectivity index (χ2n) is 4.27. The van der Waals surface area contributed by atoms with E-state index in [0.717, 1.165) is 5.92 Å². The summed E-state index contributed by atoms with van der Waals surface area (Å²) >= 11 is 0. The first-order valence-electron chi connectivity index (χ1n) is 5.36. The summed E-state index contributed by atoms with van der Waals surface area (Å²) in [6.07, 6.45) is 7.24. The number of allylic oxidation sites excluding steroid dienone is 1. The fourth-order valence-corrected chi connectivity index (χ4v) is 2.84. The van der Waals surface area contributed by atoms with Gasteiger partial charge in [-0.25, -0.2) is 0 Å². The summed E-state index contributed by atoms with van der Waals surface area (Å²) in [5.41, 5.74) is 2.97. The zero-order valence-electron chi connectivity index (χ0n) is 8.48. The van der Waals surface area contributed by atoms with Gasteiger partial charge in [0.25, 0.3) is 0 Å². The van der Waals surface area contributed by atoms with Gasteiger partial charge in [-0.1, -0.05) is 30.4 Å². The molecule has 0 saturated heterocycles. The number of fused-ring (bicyclic) bond motifs is 3. The lowest BCUT2D eigenvalue weighted by Gasteiger charge is -2.26. The minimum atomic E-state index is 0.612. The molecule has 0 amide bonds. The Hall–Kier alpha value is -1.24. The summed E-state index contributed by atoms with van der Waals surface area (Å²) in [5, 5.41) is 0. The molecule has 3 rings (SSSR count). The third-order valence-electron chi connectivity index (χ3n) is 3.55. The summed E-state index contributed by atoms with van der Waals surface area (Å²) < 4.78 is 0. The maximum atomic E-state index is 2.41. The number of hydrogen-bond donors (Lipinski definition) is 0. The SMILES string of the molecule is CN1c2ccccc2C2CCC=CC21. The van der Waals surface area contributed by atoms with Gasteiger partial charge in [0.15, 0.2) is 0 Å². The Morgan fingerprint density at radius 2 is 2.14 bits per heavy atom. The van der Waals surface area contributed by atoms with Crippen LogP contribution in [0.1, 0.15) is 24.3 Å². The molecule has 0 spiro atoms. The molecule has 2 aliphatic rings. The topological polar surface area (TPSA) is 3.24 Å². The van der Waals surface area contributed by atoms with Crippen molar-refractivity contribution in [3.8, 4) is 0 Å². The van der Waals surface area contributed by atoms with Crippen LogP contribution in [0.5, 0.6) is 0 Å². The predicted octanol–water partition coefficient (Wildman–Crippen LogP) is 2.94. The van der Waals surface area contributed by atoms with Crippen molar-refractivity contribution in [2.45, 2.75) is 24.8 Å². The van der Waals surface area contributed by atoms with E-state index in [4.69, 9.17) is 0 Å². The largest absolute Gasteiger partial charge is 0.367 e. The summed E-state index contributed by atoms with van der Waals surface area (Å²) in [4.78, 5) is 2.41. The van der Waals surface area contributed by atoms with Crippen LogP contribution in [0, 0.1) is 0 Å². The van der Waals surface area contributed by atoms with E-state index in [2.05, 4.69) is 48.4 Å². The zero-order valence-corrected chi connectivity index (χ0v) is 8.48. The van der Waals surface area contributed by atoms with E-state index in [9.17, 15) is 0 Å². The number of benzene rings is 1. The average molecular weight is 185 g/mol. The number of rotatable bonds is 0. The number of para-hydroxylation sites is 1. The number of nitrogens with zero attached hydrogens (tertiary/aromatic N) is 1. The molecule has 1 nitrogen and oxygen atoms in total. The third-order valence-corrected chi connectivity index (χ3v) is 3.55. The second kappa shape index (κ2) is 2.88. The number of hydrogen-bond acceptors (Lipinski definition) is 1. The second-order valence-corrected chi connectivity index (χ2v) is 4.27. The van der Waals surface area contributed by atoms with Gasteiger partial charge in [-0.2, -0.15) is 0 Å². The van der Waals surface area contributed by atoms with E-state index in [1.54, 1.807) is 5.56 Å². The molecule has 2 atom stereocenters. The van der Waals surface area contributed by atoms with E-state index in [1.807, 2.05) is 0 Å². The van der Waals surface area contributed by atoms with Crippen LogP contribution in [0.3, 0.4) is 0 Å². The van der Waals surface area contributed by atoms with Crippen molar-refractivity contribution in [2.24, 2.45) is 0 Å². The van der Waals surface area contributed by atoms with E-state index in [1.165, 1.54) is 18.5 Å². The Labute approximate surface area is 85.0 Å². The van der Waals surface area contributed by atoms with Crippen LogP contribution in [0.25, 0.3) is 0 Å². The molecule has 0 saturated carbocycles. The smallest absolute Gasteiger partial charge is 0.0539 e. The van der Waals surface area contributed by atoms with Crippen molar-refractivity contribution >= 4 is 5.69 Å². The molecule has 2 unspecified atom stereocenters. The molecule has 0 aromatic heterocycles. The van der Waals surface area contributed by atoms with Gasteiger partial charge in [0, 0.05) is 18.7 Å². The first-order valence-corrected chi connectivity index (χ1v) is 5.36. The Kier molecular flexibility index (Phi) is 1.66. The first kappa shape index (κ1) is 8.10. The minimum absolute atomic E-state index is 0.612. The molecule has 0 bridgehead atoms. The summed E-state index contributed by atoms with van der Waals surface area (Å²) in [6.45, 7) is 0. The van der Waals surface area contributed by atoms with Gasteiger partial charge < -0.3 is 4.90 Å². The standard InChI is InChI=1S/C13H15N/c1-14-12-8-4-2-6-10(12)11-7-3-5-9-13(11)14/h2,4-6,8-9,11,13H,3,7H2,1H3. The third kappa shape index (κ3) is 0.955. The lowest BCUT2D eigenvalue weighted by atomic mass is 9.87. The van der Waals surface area contributed by atoms with E-state index in [0.29, 0.717) is 6.04 Å². The molecular weight excluding hydrogens is 170 g/mol. The van der Waals surface area contributed by atoms with Crippen molar-refractivity contribution in [1.82, 2.24) is 0 Å². The maximum absolute atomic E-state index is 2.41. The Morgan fingerprint density at radius 1 is 1.29 bits per heavy atom. The van der Waals surface area contributed by atoms with Crippen LogP contribution >= 0.6 is 0 Å². The fraction of sp³-hybridized carbons (Fsp3) is 0.385. The van der Waals surface area contributed by atoms with E-state index < -0.39 is 0 Å². The van der Waals surface area contributed by atoms with Crippen molar-refractivity contribution in [3.63, 3.8) is 0 Å². The molecule has 14 heavy (non-hydrogen) atoms. The quantitative estimate of drug-likeness (QED) is 0.562. The average Bonchev–Trinajstić information content (AvgIpc) is 2.55. The first-order chi connectivity index (χ1) is 6.88. The molecule has 72 valence electrons. The van der Waals surface area contributed by atoms with Crippen molar-refractivity contribution in [1.29, 1.82) is 0 Å². The lowest BCUT2D eigenvalue weighted by molar-refractivity contribution is 0.564. The van der Waals surface area contributed by atoms with Gasteiger partial charge in [-0.15, -0.1) is 0 Å². The van der Waals surface area contributed by atoms with Crippen LogP contribution < -0.4 is 4.90 Å². The highest BCUT2D eigenvalue weighted by molar-refractivity contribution is 5.62. The van der Waals surface area contributed by atoms with Crippen LogP contribution in [0.15, 0.2) is 36.4 Å². The summed E-state index contributed by atoms with van der Waals surface area (Å²) in [6, 6.07) is 9.43. The fourth-order valence-electron chi connectivity index (χ4n) is 2.84. The highest BCUT2D eigenvalue weighted by Gasteiger charge is 2.35. The highest BCUT2D eigenvalue weighted by Crippen LogP contribution is 2.44. The van der Waals surface area contributed by atoms with Crippen LogP contribution in [0.2, 0.25) is 0 Å². The highest BCUT2D eigenvalue weighted by atomic mass is 15.2. The van der Waals surface area contributed by atoms with Crippen LogP contribution in [-0.4, -0.2) is 13.1 Å². The van der Waals surface area contributed by atoms with Crippen molar-refractivity contribution < 1.29 is 0 Å².